The van der Waals surface area contributed by atoms with Crippen molar-refractivity contribution in [2.45, 2.75) is 50.8 Å². The van der Waals surface area contributed by atoms with E-state index in [9.17, 15) is 23.1 Å². The molecule has 2 unspecified atom stereocenters. The Hall–Kier alpha value is -3.51. The summed E-state index contributed by atoms with van der Waals surface area (Å²) in [5, 5.41) is 13.3. The number of piperidine rings is 1. The number of halogens is 3. The van der Waals surface area contributed by atoms with E-state index in [1.54, 1.807) is 18.2 Å². The summed E-state index contributed by atoms with van der Waals surface area (Å²) in [5.41, 5.74) is -0.483. The highest BCUT2D eigenvalue weighted by Crippen LogP contribution is 2.40. The fourth-order valence-electron chi connectivity index (χ4n) is 4.49. The summed E-state index contributed by atoms with van der Waals surface area (Å²) in [6.07, 6.45) is 0.337. The molecule has 2 N–H and O–H groups in total. The summed E-state index contributed by atoms with van der Waals surface area (Å²) < 4.78 is 46.7. The summed E-state index contributed by atoms with van der Waals surface area (Å²) in [6, 6.07) is 7.01. The number of carbonyl (C=O) groups is 1. The first-order chi connectivity index (χ1) is 18.0. The summed E-state index contributed by atoms with van der Waals surface area (Å²) in [5.74, 6) is 0.706. The first-order valence-electron chi connectivity index (χ1n) is 12.1. The van der Waals surface area contributed by atoms with E-state index in [1.165, 1.54) is 30.4 Å². The van der Waals surface area contributed by atoms with E-state index in [1.807, 2.05) is 17.9 Å². The van der Waals surface area contributed by atoms with Gasteiger partial charge in [-0.05, 0) is 31.4 Å². The number of aromatic nitrogens is 3. The number of aliphatic hydroxyl groups is 1. The van der Waals surface area contributed by atoms with Crippen molar-refractivity contribution in [3.63, 3.8) is 0 Å². The molecule has 0 spiro atoms. The van der Waals surface area contributed by atoms with Crippen LogP contribution in [0.25, 0.3) is 10.2 Å². The third-order valence-corrected chi connectivity index (χ3v) is 7.47. The fourth-order valence-corrected chi connectivity index (χ4v) is 5.42. The lowest BCUT2D eigenvalue weighted by Gasteiger charge is -2.32. The van der Waals surface area contributed by atoms with Crippen LogP contribution in [0.4, 0.5) is 24.3 Å². The summed E-state index contributed by atoms with van der Waals surface area (Å²) in [4.78, 5) is 27.1. The molecule has 2 aromatic heterocycles. The molecule has 2 aliphatic rings. The molecule has 1 amide bonds. The average molecular weight is 546 g/mol. The Bertz CT molecular complexity index is 1440. The third-order valence-electron chi connectivity index (χ3n) is 6.54. The number of allylic oxidation sites excluding steroid dienone is 4. The number of β-amino-alcohol motifs (C(OH)–C–C–N with tert-alkyl or cyclic N) is 1. The van der Waals surface area contributed by atoms with Gasteiger partial charge in [-0.15, -0.1) is 0 Å². The van der Waals surface area contributed by atoms with Crippen molar-refractivity contribution in [3.05, 3.63) is 53.8 Å². The zero-order chi connectivity index (χ0) is 27.1. The Labute approximate surface area is 220 Å². The second-order valence-electron chi connectivity index (χ2n) is 9.65. The molecule has 1 aromatic carbocycles. The quantitative estimate of drug-likeness (QED) is 0.436. The molecule has 38 heavy (non-hydrogen) atoms. The molecule has 1 aliphatic carbocycles. The monoisotopic (exact) mass is 545 g/mol. The van der Waals surface area contributed by atoms with E-state index in [0.29, 0.717) is 47.6 Å². The Morgan fingerprint density at radius 1 is 1.29 bits per heavy atom. The standard InChI is InChI=1S/C26H26F3N5O3S/c1-15(35)30-24-33-22-18(6-3-7-19(22)38-24)37-21-13-20(25(2)10-8-16(9-11-25)26(27,28)29)31-23(32-21)34-12-4-5-17(36)14-34/h3,6-10,13,17,36H,4-5,11-12,14H2,1-2H3,(H,30,33,35). The van der Waals surface area contributed by atoms with Gasteiger partial charge in [-0.1, -0.05) is 42.6 Å². The van der Waals surface area contributed by atoms with Gasteiger partial charge >= 0.3 is 6.18 Å². The number of hydrogen-bond donors (Lipinski definition) is 2. The first-order valence-corrected chi connectivity index (χ1v) is 13.0. The molecule has 5 rings (SSSR count). The minimum absolute atomic E-state index is 0.0958. The minimum Gasteiger partial charge on any atom is -0.437 e. The molecule has 1 fully saturated rings. The topological polar surface area (TPSA) is 100 Å². The number of amides is 1. The number of rotatable bonds is 5. The van der Waals surface area contributed by atoms with Crippen LogP contribution in [0.1, 0.15) is 38.8 Å². The Kier molecular flexibility index (Phi) is 6.86. The predicted molar refractivity (Wildman–Crippen MR) is 139 cm³/mol. The highest BCUT2D eigenvalue weighted by Gasteiger charge is 2.37. The van der Waals surface area contributed by atoms with Crippen molar-refractivity contribution in [2.75, 3.05) is 23.3 Å². The number of hydrogen-bond acceptors (Lipinski definition) is 8. The SMILES string of the molecule is CC(=O)Nc1nc2c(Oc3cc(C4(C)C=CC(C(F)(F)F)=CC4)nc(N4CCCC(O)C4)n3)cccc2s1. The summed E-state index contributed by atoms with van der Waals surface area (Å²) in [6.45, 7) is 4.19. The number of alkyl halides is 3. The van der Waals surface area contributed by atoms with E-state index in [0.717, 1.165) is 17.2 Å². The van der Waals surface area contributed by atoms with Crippen molar-refractivity contribution in [3.8, 4) is 11.6 Å². The molecule has 2 atom stereocenters. The third kappa shape index (κ3) is 5.51. The number of para-hydroxylation sites is 1. The van der Waals surface area contributed by atoms with Crippen molar-refractivity contribution in [2.24, 2.45) is 0 Å². The second kappa shape index (κ2) is 9.99. The van der Waals surface area contributed by atoms with Crippen LogP contribution >= 0.6 is 11.3 Å². The molecule has 1 saturated heterocycles. The highest BCUT2D eigenvalue weighted by atomic mass is 32.1. The van der Waals surface area contributed by atoms with E-state index in [4.69, 9.17) is 9.72 Å². The smallest absolute Gasteiger partial charge is 0.416 e. The van der Waals surface area contributed by atoms with Gasteiger partial charge in [0.1, 0.15) is 5.52 Å². The number of ether oxygens (including phenoxy) is 1. The number of fused-ring (bicyclic) bond motifs is 1. The number of benzene rings is 1. The molecular weight excluding hydrogens is 519 g/mol. The minimum atomic E-state index is -4.42. The van der Waals surface area contributed by atoms with Gasteiger partial charge < -0.3 is 20.1 Å². The molecule has 0 bridgehead atoms. The number of aliphatic hydroxyl groups excluding tert-OH is 1. The molecule has 0 saturated carbocycles. The second-order valence-corrected chi connectivity index (χ2v) is 10.7. The Morgan fingerprint density at radius 2 is 2.11 bits per heavy atom. The van der Waals surface area contributed by atoms with Gasteiger partial charge in [0.2, 0.25) is 17.7 Å². The van der Waals surface area contributed by atoms with Gasteiger partial charge in [-0.3, -0.25) is 4.79 Å². The molecule has 200 valence electrons. The number of carbonyl (C=O) groups excluding carboxylic acids is 1. The van der Waals surface area contributed by atoms with E-state index in [2.05, 4.69) is 15.3 Å². The Balaban J connectivity index is 1.53. The molecule has 0 radical (unpaired) electrons. The van der Waals surface area contributed by atoms with Crippen molar-refractivity contribution >= 4 is 38.5 Å². The van der Waals surface area contributed by atoms with Gasteiger partial charge in [0.15, 0.2) is 10.9 Å². The maximum Gasteiger partial charge on any atom is 0.416 e. The molecule has 3 aromatic rings. The molecule has 3 heterocycles. The van der Waals surface area contributed by atoms with Crippen LogP contribution in [0.15, 0.2) is 48.1 Å². The van der Waals surface area contributed by atoms with Crippen LogP contribution in [-0.2, 0) is 10.2 Å². The van der Waals surface area contributed by atoms with Crippen LogP contribution in [0, 0.1) is 0 Å². The Morgan fingerprint density at radius 3 is 2.79 bits per heavy atom. The maximum atomic E-state index is 13.2. The average Bonchev–Trinajstić information content (AvgIpc) is 3.26. The zero-order valence-electron chi connectivity index (χ0n) is 20.7. The zero-order valence-corrected chi connectivity index (χ0v) is 21.6. The van der Waals surface area contributed by atoms with Gasteiger partial charge in [-0.25, -0.2) is 9.97 Å². The van der Waals surface area contributed by atoms with Gasteiger partial charge in [0.05, 0.1) is 22.1 Å². The van der Waals surface area contributed by atoms with Gasteiger partial charge in [0.25, 0.3) is 0 Å². The number of anilines is 2. The first kappa shape index (κ1) is 26.1. The maximum absolute atomic E-state index is 13.2. The lowest BCUT2D eigenvalue weighted by molar-refractivity contribution is -0.114. The van der Waals surface area contributed by atoms with E-state index < -0.39 is 23.3 Å². The largest absolute Gasteiger partial charge is 0.437 e. The van der Waals surface area contributed by atoms with Crippen LogP contribution < -0.4 is 15.0 Å². The number of nitrogens with one attached hydrogen (secondary N) is 1. The normalized spacial score (nSPS) is 21.9. The number of thiazole rings is 1. The number of nitrogens with zero attached hydrogens (tertiary/aromatic N) is 4. The molecule has 8 nitrogen and oxygen atoms in total. The summed E-state index contributed by atoms with van der Waals surface area (Å²) >= 11 is 1.30. The highest BCUT2D eigenvalue weighted by molar-refractivity contribution is 7.22. The van der Waals surface area contributed by atoms with Crippen LogP contribution in [0.3, 0.4) is 0 Å². The van der Waals surface area contributed by atoms with Crippen LogP contribution in [0.2, 0.25) is 0 Å². The molecule has 1 aliphatic heterocycles. The lowest BCUT2D eigenvalue weighted by Crippen LogP contribution is -2.39. The lowest BCUT2D eigenvalue weighted by atomic mass is 9.79. The van der Waals surface area contributed by atoms with Crippen molar-refractivity contribution < 1.29 is 27.8 Å². The van der Waals surface area contributed by atoms with Crippen LogP contribution in [0.5, 0.6) is 11.6 Å². The molecular formula is C26H26F3N5O3S. The van der Waals surface area contributed by atoms with E-state index in [-0.39, 0.29) is 18.2 Å². The van der Waals surface area contributed by atoms with Gasteiger partial charge in [0, 0.05) is 31.5 Å². The molecule has 12 heteroatoms. The summed E-state index contributed by atoms with van der Waals surface area (Å²) in [7, 11) is 0. The predicted octanol–water partition coefficient (Wildman–Crippen LogP) is 5.50. The van der Waals surface area contributed by atoms with Crippen molar-refractivity contribution in [1.82, 2.24) is 15.0 Å². The van der Waals surface area contributed by atoms with Crippen molar-refractivity contribution in [1.29, 1.82) is 0 Å². The van der Waals surface area contributed by atoms with Crippen LogP contribution in [-0.4, -0.2) is 51.3 Å². The van der Waals surface area contributed by atoms with Gasteiger partial charge in [-0.2, -0.15) is 18.2 Å². The fraction of sp³-hybridized carbons (Fsp3) is 0.385. The van der Waals surface area contributed by atoms with E-state index >= 15 is 0 Å².